The van der Waals surface area contributed by atoms with E-state index in [0.29, 0.717) is 0 Å². The quantitative estimate of drug-likeness (QED) is 0.786. The first kappa shape index (κ1) is 17.2. The third-order valence-corrected chi connectivity index (χ3v) is 5.32. The molecule has 0 aliphatic heterocycles. The number of aromatic carboxylic acids is 1. The molecule has 1 aromatic rings. The number of sulfonamides is 1. The first-order valence-corrected chi connectivity index (χ1v) is 7.95. The molecule has 1 aromatic heterocycles. The smallest absolute Gasteiger partial charge is 0.371 e. The van der Waals surface area contributed by atoms with Gasteiger partial charge in [0.05, 0.1) is 0 Å². The Morgan fingerprint density at radius 3 is 2.45 bits per heavy atom. The number of nitrogens with one attached hydrogen (secondary N) is 1. The highest BCUT2D eigenvalue weighted by atomic mass is 79.9. The second-order valence-corrected chi connectivity index (χ2v) is 7.54. The maximum Gasteiger partial charge on any atom is 0.371 e. The fourth-order valence-corrected chi connectivity index (χ4v) is 3.29. The van der Waals surface area contributed by atoms with Crippen LogP contribution in [0.1, 0.15) is 24.4 Å². The second kappa shape index (κ2) is 5.84. The van der Waals surface area contributed by atoms with E-state index in [-0.39, 0.29) is 21.6 Å². The monoisotopic (exact) mass is 368 g/mol. The van der Waals surface area contributed by atoms with Crippen LogP contribution < -0.4 is 4.72 Å². The van der Waals surface area contributed by atoms with Crippen molar-refractivity contribution >= 4 is 31.9 Å². The van der Waals surface area contributed by atoms with E-state index in [4.69, 9.17) is 9.52 Å². The van der Waals surface area contributed by atoms with E-state index in [2.05, 4.69) is 20.7 Å². The fraction of sp³-hybridized carbons (Fsp3) is 0.545. The summed E-state index contributed by atoms with van der Waals surface area (Å²) in [5.74, 6) is -1.77. The minimum absolute atomic E-state index is 0.134. The molecule has 1 heterocycles. The van der Waals surface area contributed by atoms with E-state index in [1.54, 1.807) is 0 Å². The Labute approximate surface area is 126 Å². The van der Waals surface area contributed by atoms with Crippen LogP contribution in [0.3, 0.4) is 0 Å². The first-order chi connectivity index (χ1) is 8.97. The minimum Gasteiger partial charge on any atom is -0.475 e. The van der Waals surface area contributed by atoms with Gasteiger partial charge in [-0.1, -0.05) is 0 Å². The molecule has 0 saturated carbocycles. The zero-order valence-electron chi connectivity index (χ0n) is 11.6. The molecular weight excluding hydrogens is 352 g/mol. The second-order valence-electron chi connectivity index (χ2n) is 5.09. The molecule has 0 bridgehead atoms. The number of likely N-dealkylation sites (N-methyl/N-ethyl adjacent to an activating group) is 1. The zero-order chi connectivity index (χ0) is 15.7. The molecule has 20 heavy (non-hydrogen) atoms. The molecular formula is C11H17BrN2O5S. The van der Waals surface area contributed by atoms with E-state index >= 15 is 0 Å². The summed E-state index contributed by atoms with van der Waals surface area (Å²) in [6.45, 7) is 3.92. The normalized spacial score (nSPS) is 12.9. The number of carboxylic acids is 1. The molecule has 0 aliphatic rings. The summed E-state index contributed by atoms with van der Waals surface area (Å²) in [6, 6.07) is 0.970. The molecule has 2 N–H and O–H groups in total. The van der Waals surface area contributed by atoms with Crippen LogP contribution in [0, 0.1) is 0 Å². The Hall–Kier alpha value is -0.900. The lowest BCUT2D eigenvalue weighted by molar-refractivity contribution is 0.0661. The Kier molecular flexibility index (Phi) is 5.01. The number of hydrogen-bond acceptors (Lipinski definition) is 5. The largest absolute Gasteiger partial charge is 0.475 e. The molecule has 0 aliphatic carbocycles. The van der Waals surface area contributed by atoms with Crippen molar-refractivity contribution in [3.05, 3.63) is 16.5 Å². The Balaban J connectivity index is 2.98. The number of carboxylic acid groups (broad SMARTS) is 1. The standard InChI is InChI=1S/C11H17BrN2O5S/c1-11(2,14(3)4)6-13-20(17,18)8-5-7(10(15)16)19-9(8)12/h5,13H,6H2,1-4H3,(H,15,16). The number of carbonyl (C=O) groups is 1. The Bertz CT molecular complexity index is 606. The summed E-state index contributed by atoms with van der Waals surface area (Å²) < 4.78 is 31.4. The summed E-state index contributed by atoms with van der Waals surface area (Å²) in [7, 11) is -0.175. The van der Waals surface area contributed by atoms with Crippen molar-refractivity contribution in [2.24, 2.45) is 0 Å². The van der Waals surface area contributed by atoms with Gasteiger partial charge < -0.3 is 14.4 Å². The van der Waals surface area contributed by atoms with Crippen LogP contribution in [0.4, 0.5) is 0 Å². The van der Waals surface area contributed by atoms with Crippen molar-refractivity contribution in [2.45, 2.75) is 24.3 Å². The van der Waals surface area contributed by atoms with Gasteiger partial charge in [-0.15, -0.1) is 0 Å². The van der Waals surface area contributed by atoms with Crippen molar-refractivity contribution in [1.29, 1.82) is 0 Å². The molecule has 9 heteroatoms. The van der Waals surface area contributed by atoms with Gasteiger partial charge in [0.25, 0.3) is 0 Å². The van der Waals surface area contributed by atoms with Crippen LogP contribution in [-0.4, -0.2) is 50.6 Å². The molecule has 114 valence electrons. The number of furan rings is 1. The molecule has 1 rings (SSSR count). The number of rotatable bonds is 6. The number of hydrogen-bond donors (Lipinski definition) is 2. The van der Waals surface area contributed by atoms with E-state index < -0.39 is 21.8 Å². The number of halogens is 1. The minimum atomic E-state index is -3.85. The summed E-state index contributed by atoms with van der Waals surface area (Å²) in [5.41, 5.74) is -0.390. The topological polar surface area (TPSA) is 99.9 Å². The fourth-order valence-electron chi connectivity index (χ4n) is 1.15. The van der Waals surface area contributed by atoms with E-state index in [1.165, 1.54) is 0 Å². The van der Waals surface area contributed by atoms with Gasteiger partial charge in [-0.3, -0.25) is 0 Å². The van der Waals surface area contributed by atoms with Crippen LogP contribution in [0.15, 0.2) is 20.0 Å². The molecule has 0 saturated heterocycles. The molecule has 0 atom stereocenters. The van der Waals surface area contributed by atoms with Crippen LogP contribution >= 0.6 is 15.9 Å². The van der Waals surface area contributed by atoms with Crippen molar-refractivity contribution in [1.82, 2.24) is 9.62 Å². The van der Waals surface area contributed by atoms with Gasteiger partial charge in [-0.2, -0.15) is 0 Å². The molecule has 0 radical (unpaired) electrons. The summed E-state index contributed by atoms with van der Waals surface area (Å²) in [6.07, 6.45) is 0. The van der Waals surface area contributed by atoms with Gasteiger partial charge in [0.15, 0.2) is 4.67 Å². The van der Waals surface area contributed by atoms with Crippen LogP contribution in [-0.2, 0) is 10.0 Å². The van der Waals surface area contributed by atoms with Crippen molar-refractivity contribution in [3.63, 3.8) is 0 Å². The van der Waals surface area contributed by atoms with E-state index in [9.17, 15) is 13.2 Å². The predicted octanol–water partition coefficient (Wildman–Crippen LogP) is 1.36. The van der Waals surface area contributed by atoms with Gasteiger partial charge in [-0.25, -0.2) is 17.9 Å². The average molecular weight is 369 g/mol. The highest BCUT2D eigenvalue weighted by Gasteiger charge is 2.28. The van der Waals surface area contributed by atoms with Gasteiger partial charge in [0.1, 0.15) is 4.90 Å². The summed E-state index contributed by atoms with van der Waals surface area (Å²) >= 11 is 2.91. The maximum absolute atomic E-state index is 12.1. The molecule has 0 unspecified atom stereocenters. The third-order valence-electron chi connectivity index (χ3n) is 3.06. The Morgan fingerprint density at radius 1 is 1.50 bits per heavy atom. The summed E-state index contributed by atoms with van der Waals surface area (Å²) in [5, 5.41) is 8.78. The van der Waals surface area contributed by atoms with Crippen molar-refractivity contribution in [2.75, 3.05) is 20.6 Å². The maximum atomic E-state index is 12.1. The molecule has 0 spiro atoms. The molecule has 7 nitrogen and oxygen atoms in total. The summed E-state index contributed by atoms with van der Waals surface area (Å²) in [4.78, 5) is 12.4. The van der Waals surface area contributed by atoms with Gasteiger partial charge in [0, 0.05) is 18.2 Å². The van der Waals surface area contributed by atoms with Crippen LogP contribution in [0.2, 0.25) is 0 Å². The zero-order valence-corrected chi connectivity index (χ0v) is 14.0. The Morgan fingerprint density at radius 2 is 2.05 bits per heavy atom. The van der Waals surface area contributed by atoms with Gasteiger partial charge >= 0.3 is 5.97 Å². The molecule has 0 fully saturated rings. The lowest BCUT2D eigenvalue weighted by Gasteiger charge is -2.32. The van der Waals surface area contributed by atoms with Crippen LogP contribution in [0.25, 0.3) is 0 Å². The van der Waals surface area contributed by atoms with Crippen molar-refractivity contribution in [3.8, 4) is 0 Å². The highest BCUT2D eigenvalue weighted by Crippen LogP contribution is 2.26. The lowest BCUT2D eigenvalue weighted by atomic mass is 10.1. The molecule has 0 aromatic carbocycles. The highest BCUT2D eigenvalue weighted by molar-refractivity contribution is 9.10. The average Bonchev–Trinajstić information content (AvgIpc) is 2.70. The lowest BCUT2D eigenvalue weighted by Crippen LogP contribution is -2.48. The molecule has 0 amide bonds. The SMILES string of the molecule is CN(C)C(C)(C)CNS(=O)(=O)c1cc(C(=O)O)oc1Br. The predicted molar refractivity (Wildman–Crippen MR) is 76.3 cm³/mol. The van der Waals surface area contributed by atoms with Gasteiger partial charge in [-0.05, 0) is 43.9 Å². The van der Waals surface area contributed by atoms with E-state index in [0.717, 1.165) is 6.07 Å². The first-order valence-electron chi connectivity index (χ1n) is 5.67. The third kappa shape index (κ3) is 3.81. The van der Waals surface area contributed by atoms with E-state index in [1.807, 2.05) is 32.8 Å². The number of nitrogens with zero attached hydrogens (tertiary/aromatic N) is 1. The van der Waals surface area contributed by atoms with Crippen molar-refractivity contribution < 1.29 is 22.7 Å². The van der Waals surface area contributed by atoms with Gasteiger partial charge in [0.2, 0.25) is 15.8 Å². The van der Waals surface area contributed by atoms with Crippen LogP contribution in [0.5, 0.6) is 0 Å².